The van der Waals surface area contributed by atoms with E-state index in [0.29, 0.717) is 12.1 Å². The molecule has 1 amide bonds. The summed E-state index contributed by atoms with van der Waals surface area (Å²) in [6.07, 6.45) is 3.20. The SMILES string of the molecule is CC(=O)N1CCC(N[C@@H](C)Cc2ccccc2)CC1. The second kappa shape index (κ2) is 6.71. The van der Waals surface area contributed by atoms with Gasteiger partial charge in [-0.1, -0.05) is 30.3 Å². The van der Waals surface area contributed by atoms with Gasteiger partial charge in [0.15, 0.2) is 0 Å². The highest BCUT2D eigenvalue weighted by Crippen LogP contribution is 2.12. The van der Waals surface area contributed by atoms with Crippen LogP contribution in [0.5, 0.6) is 0 Å². The fourth-order valence-electron chi connectivity index (χ4n) is 2.79. The van der Waals surface area contributed by atoms with Crippen LogP contribution in [0.3, 0.4) is 0 Å². The van der Waals surface area contributed by atoms with E-state index >= 15 is 0 Å². The Labute approximate surface area is 116 Å². The zero-order valence-electron chi connectivity index (χ0n) is 11.9. The van der Waals surface area contributed by atoms with Gasteiger partial charge in [0.2, 0.25) is 5.91 Å². The summed E-state index contributed by atoms with van der Waals surface area (Å²) < 4.78 is 0. The van der Waals surface area contributed by atoms with Crippen molar-refractivity contribution in [1.82, 2.24) is 10.2 Å². The third kappa shape index (κ3) is 4.35. The molecule has 1 atom stereocenters. The van der Waals surface area contributed by atoms with Crippen LogP contribution in [0.2, 0.25) is 0 Å². The molecule has 0 aromatic heterocycles. The standard InChI is InChI=1S/C16H24N2O/c1-13(12-15-6-4-3-5-7-15)17-16-8-10-18(11-9-16)14(2)19/h3-7,13,16-17H,8-12H2,1-2H3/t13-/m0/s1. The van der Waals surface area contributed by atoms with Crippen molar-refractivity contribution >= 4 is 5.91 Å². The molecule has 1 heterocycles. The second-order valence-electron chi connectivity index (χ2n) is 5.54. The Hall–Kier alpha value is -1.35. The van der Waals surface area contributed by atoms with Gasteiger partial charge >= 0.3 is 0 Å². The number of hydrogen-bond donors (Lipinski definition) is 1. The molecule has 104 valence electrons. The number of nitrogens with one attached hydrogen (secondary N) is 1. The van der Waals surface area contributed by atoms with Gasteiger partial charge in [-0.2, -0.15) is 0 Å². The van der Waals surface area contributed by atoms with Gasteiger partial charge in [0.05, 0.1) is 0 Å². The molecule has 0 unspecified atom stereocenters. The monoisotopic (exact) mass is 260 g/mol. The molecular formula is C16H24N2O. The van der Waals surface area contributed by atoms with E-state index in [0.717, 1.165) is 32.4 Å². The van der Waals surface area contributed by atoms with Crippen molar-refractivity contribution in [2.24, 2.45) is 0 Å². The maximum Gasteiger partial charge on any atom is 0.219 e. The largest absolute Gasteiger partial charge is 0.343 e. The molecular weight excluding hydrogens is 236 g/mol. The minimum absolute atomic E-state index is 0.204. The van der Waals surface area contributed by atoms with E-state index < -0.39 is 0 Å². The zero-order chi connectivity index (χ0) is 13.7. The Balaban J connectivity index is 1.75. The Morgan fingerprint density at radius 1 is 1.32 bits per heavy atom. The summed E-state index contributed by atoms with van der Waals surface area (Å²) in [5.74, 6) is 0.204. The predicted octanol–water partition coefficient (Wildman–Crippen LogP) is 2.22. The highest BCUT2D eigenvalue weighted by Gasteiger charge is 2.21. The second-order valence-corrected chi connectivity index (χ2v) is 5.54. The highest BCUT2D eigenvalue weighted by molar-refractivity contribution is 5.73. The van der Waals surface area contributed by atoms with Crippen molar-refractivity contribution in [2.45, 2.75) is 45.2 Å². The highest BCUT2D eigenvalue weighted by atomic mass is 16.2. The topological polar surface area (TPSA) is 32.3 Å². The van der Waals surface area contributed by atoms with E-state index in [1.807, 2.05) is 4.90 Å². The van der Waals surface area contributed by atoms with Gasteiger partial charge in [-0.3, -0.25) is 4.79 Å². The fourth-order valence-corrected chi connectivity index (χ4v) is 2.79. The molecule has 2 rings (SSSR count). The van der Waals surface area contributed by atoms with Gasteiger partial charge in [0.1, 0.15) is 0 Å². The lowest BCUT2D eigenvalue weighted by Gasteiger charge is -2.33. The van der Waals surface area contributed by atoms with Crippen LogP contribution in [0.1, 0.15) is 32.3 Å². The summed E-state index contributed by atoms with van der Waals surface area (Å²) in [5.41, 5.74) is 1.38. The van der Waals surface area contributed by atoms with E-state index in [9.17, 15) is 4.79 Å². The number of carbonyl (C=O) groups is 1. The first kappa shape index (κ1) is 14.1. The maximum atomic E-state index is 11.3. The van der Waals surface area contributed by atoms with Crippen LogP contribution in [-0.2, 0) is 11.2 Å². The quantitative estimate of drug-likeness (QED) is 0.900. The smallest absolute Gasteiger partial charge is 0.219 e. The molecule has 1 aliphatic heterocycles. The molecule has 1 aromatic carbocycles. The minimum atomic E-state index is 0.204. The first-order valence-corrected chi connectivity index (χ1v) is 7.20. The van der Waals surface area contributed by atoms with Gasteiger partial charge < -0.3 is 10.2 Å². The Morgan fingerprint density at radius 3 is 2.53 bits per heavy atom. The lowest BCUT2D eigenvalue weighted by molar-refractivity contribution is -0.129. The van der Waals surface area contributed by atoms with Crippen molar-refractivity contribution in [3.8, 4) is 0 Å². The third-order valence-corrected chi connectivity index (χ3v) is 3.85. The molecule has 0 bridgehead atoms. The molecule has 1 saturated heterocycles. The lowest BCUT2D eigenvalue weighted by atomic mass is 10.0. The summed E-state index contributed by atoms with van der Waals surface area (Å²) in [7, 11) is 0. The van der Waals surface area contributed by atoms with Gasteiger partial charge in [-0.15, -0.1) is 0 Å². The summed E-state index contributed by atoms with van der Waals surface area (Å²) in [4.78, 5) is 13.2. The van der Waals surface area contributed by atoms with Crippen molar-refractivity contribution in [3.63, 3.8) is 0 Å². The number of benzene rings is 1. The van der Waals surface area contributed by atoms with Crippen LogP contribution >= 0.6 is 0 Å². The summed E-state index contributed by atoms with van der Waals surface area (Å²) in [6, 6.07) is 11.6. The van der Waals surface area contributed by atoms with Crippen molar-refractivity contribution in [2.75, 3.05) is 13.1 Å². The van der Waals surface area contributed by atoms with E-state index in [1.165, 1.54) is 5.56 Å². The molecule has 3 heteroatoms. The molecule has 0 aliphatic carbocycles. The van der Waals surface area contributed by atoms with E-state index in [-0.39, 0.29) is 5.91 Å². The summed E-state index contributed by atoms with van der Waals surface area (Å²) in [5, 5.41) is 3.69. The van der Waals surface area contributed by atoms with Gasteiger partial charge in [0, 0.05) is 32.1 Å². The molecule has 0 radical (unpaired) electrons. The van der Waals surface area contributed by atoms with Crippen LogP contribution in [0.4, 0.5) is 0 Å². The lowest BCUT2D eigenvalue weighted by Crippen LogP contribution is -2.47. The first-order valence-electron chi connectivity index (χ1n) is 7.20. The fraction of sp³-hybridized carbons (Fsp3) is 0.562. The normalized spacial score (nSPS) is 18.3. The zero-order valence-corrected chi connectivity index (χ0v) is 11.9. The number of likely N-dealkylation sites (tertiary alicyclic amines) is 1. The van der Waals surface area contributed by atoms with Crippen molar-refractivity contribution in [3.05, 3.63) is 35.9 Å². The number of nitrogens with zero attached hydrogens (tertiary/aromatic N) is 1. The molecule has 1 aromatic rings. The van der Waals surface area contributed by atoms with E-state index in [1.54, 1.807) is 6.92 Å². The predicted molar refractivity (Wildman–Crippen MR) is 78.0 cm³/mol. The summed E-state index contributed by atoms with van der Waals surface area (Å²) in [6.45, 7) is 5.69. The number of carbonyl (C=O) groups excluding carboxylic acids is 1. The molecule has 19 heavy (non-hydrogen) atoms. The van der Waals surface area contributed by atoms with Crippen molar-refractivity contribution < 1.29 is 4.79 Å². The Kier molecular flexibility index (Phi) is 4.97. The number of amides is 1. The summed E-state index contributed by atoms with van der Waals surface area (Å²) >= 11 is 0. The van der Waals surface area contributed by atoms with Crippen LogP contribution in [0.25, 0.3) is 0 Å². The first-order chi connectivity index (χ1) is 9.15. The average molecular weight is 260 g/mol. The Bertz CT molecular complexity index is 396. The van der Waals surface area contributed by atoms with E-state index in [2.05, 4.69) is 42.6 Å². The number of rotatable bonds is 4. The number of piperidine rings is 1. The molecule has 0 spiro atoms. The molecule has 0 saturated carbocycles. The van der Waals surface area contributed by atoms with E-state index in [4.69, 9.17) is 0 Å². The van der Waals surface area contributed by atoms with Gasteiger partial charge in [-0.25, -0.2) is 0 Å². The molecule has 1 fully saturated rings. The Morgan fingerprint density at radius 2 is 1.95 bits per heavy atom. The van der Waals surface area contributed by atoms with Crippen LogP contribution in [0.15, 0.2) is 30.3 Å². The van der Waals surface area contributed by atoms with Gasteiger partial charge in [0.25, 0.3) is 0 Å². The molecule has 1 N–H and O–H groups in total. The molecule has 1 aliphatic rings. The number of hydrogen-bond acceptors (Lipinski definition) is 2. The van der Waals surface area contributed by atoms with Gasteiger partial charge in [-0.05, 0) is 31.7 Å². The maximum absolute atomic E-state index is 11.3. The average Bonchev–Trinajstić information content (AvgIpc) is 2.40. The van der Waals surface area contributed by atoms with Crippen LogP contribution < -0.4 is 5.32 Å². The van der Waals surface area contributed by atoms with Crippen LogP contribution in [0, 0.1) is 0 Å². The molecule has 3 nitrogen and oxygen atoms in total. The van der Waals surface area contributed by atoms with Crippen molar-refractivity contribution in [1.29, 1.82) is 0 Å². The minimum Gasteiger partial charge on any atom is -0.343 e. The van der Waals surface area contributed by atoms with Crippen LogP contribution in [-0.4, -0.2) is 36.0 Å². The third-order valence-electron chi connectivity index (χ3n) is 3.85.